The number of hydrogen-bond donors (Lipinski definition) is 3. The summed E-state index contributed by atoms with van der Waals surface area (Å²) >= 11 is 12.6. The Labute approximate surface area is 286 Å². The number of hydrogen-bond acceptors (Lipinski definition) is 7. The number of ether oxygens (including phenoxy) is 2. The molecule has 2 amide bonds. The Morgan fingerprint density at radius 2 is 1.80 bits per heavy atom. The number of primary amides is 1. The highest BCUT2D eigenvalue weighted by Crippen LogP contribution is 2.42. The first-order chi connectivity index (χ1) is 23.3. The number of rotatable bonds is 12. The molecule has 16 heteroatoms. The number of halogens is 6. The molecule has 0 unspecified atom stereocenters. The summed E-state index contributed by atoms with van der Waals surface area (Å²) in [5.41, 5.74) is 3.48. The van der Waals surface area contributed by atoms with Crippen LogP contribution in [0.25, 0.3) is 22.2 Å². The van der Waals surface area contributed by atoms with Gasteiger partial charge < -0.3 is 25.6 Å². The van der Waals surface area contributed by atoms with Gasteiger partial charge in [0.2, 0.25) is 5.91 Å². The number of nitrogens with one attached hydrogen (secondary N) is 1. The molecule has 10 nitrogen and oxygen atoms in total. The molecule has 3 aromatic carbocycles. The predicted octanol–water partition coefficient (Wildman–Crippen LogP) is 6.18. The molecule has 0 aliphatic carbocycles. The van der Waals surface area contributed by atoms with Crippen molar-refractivity contribution >= 4 is 45.9 Å². The zero-order valence-corrected chi connectivity index (χ0v) is 27.3. The van der Waals surface area contributed by atoms with Gasteiger partial charge in [-0.1, -0.05) is 35.3 Å². The van der Waals surface area contributed by atoms with E-state index in [9.17, 15) is 32.3 Å². The highest BCUT2D eigenvalue weighted by molar-refractivity contribution is 6.43. The molecule has 0 fully saturated rings. The summed E-state index contributed by atoms with van der Waals surface area (Å²) in [5.74, 6) is -2.89. The van der Waals surface area contributed by atoms with Gasteiger partial charge in [-0.2, -0.15) is 13.9 Å². The van der Waals surface area contributed by atoms with Gasteiger partial charge >= 0.3 is 6.55 Å². The maximum absolute atomic E-state index is 14.3. The van der Waals surface area contributed by atoms with Gasteiger partial charge in [0.05, 0.1) is 42.4 Å². The van der Waals surface area contributed by atoms with Crippen LogP contribution in [0.4, 0.5) is 17.6 Å². The first-order valence-corrected chi connectivity index (χ1v) is 15.2. The van der Waals surface area contributed by atoms with Gasteiger partial charge in [-0.15, -0.1) is 0 Å². The van der Waals surface area contributed by atoms with Gasteiger partial charge in [0, 0.05) is 28.3 Å². The average Bonchev–Trinajstić information content (AvgIpc) is 3.51. The molecule has 2 aromatic heterocycles. The van der Waals surface area contributed by atoms with Crippen molar-refractivity contribution in [2.24, 2.45) is 5.73 Å². The average molecular weight is 721 g/mol. The van der Waals surface area contributed by atoms with Gasteiger partial charge in [0.15, 0.2) is 0 Å². The van der Waals surface area contributed by atoms with Crippen LogP contribution in [0.5, 0.6) is 11.5 Å². The van der Waals surface area contributed by atoms with Crippen molar-refractivity contribution in [1.82, 2.24) is 20.1 Å². The molecule has 0 aliphatic heterocycles. The molecular formula is C33H27Cl2F4N5O5. The van der Waals surface area contributed by atoms with Crippen LogP contribution in [0.1, 0.15) is 40.7 Å². The van der Waals surface area contributed by atoms with Crippen LogP contribution in [0.2, 0.25) is 10.0 Å². The lowest BCUT2D eigenvalue weighted by Crippen LogP contribution is -2.42. The van der Waals surface area contributed by atoms with Crippen molar-refractivity contribution in [3.8, 4) is 22.8 Å². The second-order valence-electron chi connectivity index (χ2n) is 10.7. The Bertz CT molecular complexity index is 2060. The van der Waals surface area contributed by atoms with Crippen LogP contribution in [0, 0.1) is 11.6 Å². The summed E-state index contributed by atoms with van der Waals surface area (Å²) in [6, 6.07) is 11.0. The van der Waals surface area contributed by atoms with Crippen LogP contribution in [-0.4, -0.2) is 51.9 Å². The van der Waals surface area contributed by atoms with E-state index in [2.05, 4.69) is 15.4 Å². The first kappa shape index (κ1) is 35.4. The topological polar surface area (TPSA) is 142 Å². The van der Waals surface area contributed by atoms with Crippen molar-refractivity contribution < 1.29 is 41.7 Å². The summed E-state index contributed by atoms with van der Waals surface area (Å²) in [5, 5.41) is 18.3. The van der Waals surface area contributed by atoms with Crippen LogP contribution in [0.15, 0.2) is 60.8 Å². The molecule has 0 radical (unpaired) electrons. The summed E-state index contributed by atoms with van der Waals surface area (Å²) in [4.78, 5) is 30.4. The minimum atomic E-state index is -2.94. The number of alkyl halides is 2. The van der Waals surface area contributed by atoms with Gasteiger partial charge in [-0.3, -0.25) is 9.59 Å². The van der Waals surface area contributed by atoms with Gasteiger partial charge in [-0.05, 0) is 55.0 Å². The molecule has 4 N–H and O–H groups in total. The number of aliphatic hydroxyl groups is 1. The number of amides is 2. The fraction of sp³-hybridized carbons (Fsp3) is 0.212. The molecule has 0 saturated carbocycles. The van der Waals surface area contributed by atoms with Crippen molar-refractivity contribution in [2.75, 3.05) is 20.3 Å². The zero-order valence-electron chi connectivity index (χ0n) is 25.7. The van der Waals surface area contributed by atoms with Crippen LogP contribution >= 0.6 is 23.2 Å². The fourth-order valence-electron chi connectivity index (χ4n) is 5.20. The predicted molar refractivity (Wildman–Crippen MR) is 173 cm³/mol. The molecule has 1 atom stereocenters. The smallest absolute Gasteiger partial charge is 0.333 e. The van der Waals surface area contributed by atoms with Crippen molar-refractivity contribution in [3.05, 3.63) is 105 Å². The van der Waals surface area contributed by atoms with E-state index in [4.69, 9.17) is 38.4 Å². The number of nitrogens with zero attached hydrogens (tertiary/aromatic N) is 3. The SMILES string of the molecule is CCOc1c(CC(N)=O)cc([C@@](O)(CNC(=O)c2cc(OC)c3nn(C(F)F)cc3c2)c2ccc(F)cc2)nc1-c1ccc(F)c(Cl)c1Cl. The number of fused-ring (bicyclic) bond motifs is 1. The summed E-state index contributed by atoms with van der Waals surface area (Å²) in [7, 11) is 1.28. The third-order valence-electron chi connectivity index (χ3n) is 7.52. The van der Waals surface area contributed by atoms with E-state index in [-0.39, 0.29) is 67.7 Å². The second kappa shape index (κ2) is 14.3. The molecular weight excluding hydrogens is 693 g/mol. The maximum Gasteiger partial charge on any atom is 0.333 e. The van der Waals surface area contributed by atoms with Gasteiger partial charge in [0.25, 0.3) is 5.91 Å². The Kier molecular flexibility index (Phi) is 10.3. The Morgan fingerprint density at radius 1 is 1.08 bits per heavy atom. The van der Waals surface area contributed by atoms with Crippen LogP contribution in [-0.2, 0) is 16.8 Å². The first-order valence-electron chi connectivity index (χ1n) is 14.5. The summed E-state index contributed by atoms with van der Waals surface area (Å²) in [6.45, 7) is -1.77. The molecule has 0 bridgehead atoms. The Balaban J connectivity index is 1.66. The lowest BCUT2D eigenvalue weighted by atomic mass is 9.87. The normalized spacial score (nSPS) is 12.6. The largest absolute Gasteiger partial charge is 0.494 e. The van der Waals surface area contributed by atoms with Crippen LogP contribution < -0.4 is 20.5 Å². The highest BCUT2D eigenvalue weighted by Gasteiger charge is 2.36. The standard InChI is InChI=1S/C33H27Cl2F4N5O5/c1-3-49-30-16(13-25(40)45)12-24(42-29(30)21-8-9-22(37)27(35)26(21)34)33(47,19-4-6-20(36)7-5-19)15-41-31(46)17-10-18-14-44(32(38)39)43-28(18)23(11-17)48-2/h4-12,14,32,47H,3,13,15H2,1-2H3,(H2,40,45)(H,41,46)/t33-/m1/s1. The summed E-state index contributed by atoms with van der Waals surface area (Å²) in [6.07, 6.45) is 0.648. The van der Waals surface area contributed by atoms with E-state index in [0.29, 0.717) is 4.68 Å². The number of methoxy groups -OCH3 is 1. The number of benzene rings is 3. The lowest BCUT2D eigenvalue weighted by molar-refractivity contribution is -0.117. The van der Waals surface area contributed by atoms with Gasteiger partial charge in [-0.25, -0.2) is 18.4 Å². The van der Waals surface area contributed by atoms with Crippen molar-refractivity contribution in [3.63, 3.8) is 0 Å². The maximum atomic E-state index is 14.3. The molecule has 5 rings (SSSR count). The van der Waals surface area contributed by atoms with Crippen molar-refractivity contribution in [2.45, 2.75) is 25.5 Å². The Hall–Kier alpha value is -4.92. The van der Waals surface area contributed by atoms with Crippen molar-refractivity contribution in [1.29, 1.82) is 0 Å². The molecule has 0 aliphatic rings. The van der Waals surface area contributed by atoms with E-state index in [1.807, 2.05) is 0 Å². The number of nitrogens with two attached hydrogens (primary N) is 1. The third kappa shape index (κ3) is 7.12. The molecule has 2 heterocycles. The molecule has 256 valence electrons. The van der Waals surface area contributed by atoms with E-state index >= 15 is 0 Å². The van der Waals surface area contributed by atoms with E-state index in [1.54, 1.807) is 6.92 Å². The second-order valence-corrected chi connectivity index (χ2v) is 11.5. The van der Waals surface area contributed by atoms with Crippen LogP contribution in [0.3, 0.4) is 0 Å². The van der Waals surface area contributed by atoms with E-state index in [1.165, 1.54) is 43.5 Å². The quantitative estimate of drug-likeness (QED) is 0.103. The molecule has 0 saturated heterocycles. The van der Waals surface area contributed by atoms with Gasteiger partial charge in [0.1, 0.15) is 39.9 Å². The molecule has 49 heavy (non-hydrogen) atoms. The van der Waals surface area contributed by atoms with E-state index < -0.39 is 53.6 Å². The minimum Gasteiger partial charge on any atom is -0.494 e. The lowest BCUT2D eigenvalue weighted by Gasteiger charge is -2.30. The Morgan fingerprint density at radius 3 is 2.43 bits per heavy atom. The zero-order chi connectivity index (χ0) is 35.6. The minimum absolute atomic E-state index is 0.0258. The number of aromatic nitrogens is 3. The summed E-state index contributed by atoms with van der Waals surface area (Å²) < 4.78 is 66.5. The molecule has 0 spiro atoms. The fourth-order valence-corrected chi connectivity index (χ4v) is 5.61. The monoisotopic (exact) mass is 719 g/mol. The number of carbonyl (C=O) groups excluding carboxylic acids is 2. The van der Waals surface area contributed by atoms with E-state index in [0.717, 1.165) is 24.4 Å². The highest BCUT2D eigenvalue weighted by atomic mass is 35.5. The molecule has 5 aromatic rings. The third-order valence-corrected chi connectivity index (χ3v) is 8.38. The number of carbonyl (C=O) groups is 2. The number of pyridine rings is 1.